The molecule has 0 spiro atoms. The summed E-state index contributed by atoms with van der Waals surface area (Å²) in [5.41, 5.74) is 8.95. The minimum Gasteiger partial charge on any atom is -0.389 e. The minimum absolute atomic E-state index is 0.319. The van der Waals surface area contributed by atoms with E-state index in [2.05, 4.69) is 30.9 Å². The molecule has 2 N–H and O–H groups in total. The number of hydrogen-bond donors (Lipinski definition) is 1. The number of halogens is 1. The molecule has 2 nitrogen and oxygen atoms in total. The van der Waals surface area contributed by atoms with E-state index in [9.17, 15) is 0 Å². The Labute approximate surface area is 136 Å². The van der Waals surface area contributed by atoms with Gasteiger partial charge in [0.15, 0.2) is 0 Å². The van der Waals surface area contributed by atoms with Gasteiger partial charge in [-0.3, -0.25) is 0 Å². The number of anilines is 1. The molecule has 2 aromatic rings. The summed E-state index contributed by atoms with van der Waals surface area (Å²) in [5, 5.41) is 0.643. The molecule has 0 unspecified atom stereocenters. The van der Waals surface area contributed by atoms with Gasteiger partial charge in [-0.15, -0.1) is 0 Å². The second-order valence-corrected chi connectivity index (χ2v) is 6.11. The van der Waals surface area contributed by atoms with E-state index in [1.165, 1.54) is 5.56 Å². The van der Waals surface area contributed by atoms with Crippen LogP contribution in [0.2, 0.25) is 5.02 Å². The van der Waals surface area contributed by atoms with Gasteiger partial charge < -0.3 is 10.6 Å². The molecule has 21 heavy (non-hydrogen) atoms. The molecule has 2 rings (SSSR count). The van der Waals surface area contributed by atoms with E-state index in [0.29, 0.717) is 16.1 Å². The van der Waals surface area contributed by atoms with Crippen molar-refractivity contribution < 1.29 is 0 Å². The first-order chi connectivity index (χ1) is 9.99. The fourth-order valence-corrected chi connectivity index (χ4v) is 2.62. The minimum atomic E-state index is 0.319. The topological polar surface area (TPSA) is 29.3 Å². The number of hydrogen-bond acceptors (Lipinski definition) is 2. The molecular formula is C17H19ClN2S. The van der Waals surface area contributed by atoms with Gasteiger partial charge in [-0.25, -0.2) is 0 Å². The Kier molecular flexibility index (Phi) is 5.21. The second-order valence-electron chi connectivity index (χ2n) is 5.23. The number of nitrogens with zero attached hydrogens (tertiary/aromatic N) is 1. The van der Waals surface area contributed by atoms with Gasteiger partial charge >= 0.3 is 0 Å². The first kappa shape index (κ1) is 15.8. The smallest absolute Gasteiger partial charge is 0.106 e. The second kappa shape index (κ2) is 6.92. The summed E-state index contributed by atoms with van der Waals surface area (Å²) in [6, 6.07) is 16.4. The van der Waals surface area contributed by atoms with Crippen molar-refractivity contribution in [1.82, 2.24) is 0 Å². The molecule has 0 saturated heterocycles. The average molecular weight is 319 g/mol. The Balaban J connectivity index is 2.41. The molecule has 0 aliphatic rings. The molecular weight excluding hydrogens is 300 g/mol. The molecule has 0 heterocycles. The van der Waals surface area contributed by atoms with Gasteiger partial charge in [0.2, 0.25) is 0 Å². The molecule has 0 aliphatic carbocycles. The number of rotatable bonds is 5. The highest BCUT2D eigenvalue weighted by Crippen LogP contribution is 2.27. The van der Waals surface area contributed by atoms with E-state index in [1.807, 2.05) is 36.4 Å². The van der Waals surface area contributed by atoms with Crippen LogP contribution in [0.25, 0.3) is 0 Å². The first-order valence-corrected chi connectivity index (χ1v) is 7.67. The number of nitrogens with two attached hydrogens (primary N) is 1. The standard InChI is InChI=1S/C17H19ClN2S/c1-12(2)20(11-13-6-4-3-5-7-13)16-9-8-14(18)10-15(16)17(19)21/h3-10,12H,11H2,1-2H3,(H2,19,21). The average Bonchev–Trinajstić information content (AvgIpc) is 2.46. The predicted octanol–water partition coefficient (Wildman–Crippen LogP) is 4.39. The van der Waals surface area contributed by atoms with Crippen LogP contribution in [0.4, 0.5) is 5.69 Å². The van der Waals surface area contributed by atoms with E-state index < -0.39 is 0 Å². The molecule has 4 heteroatoms. The summed E-state index contributed by atoms with van der Waals surface area (Å²) in [4.78, 5) is 2.64. The summed E-state index contributed by atoms with van der Waals surface area (Å²) >= 11 is 11.2. The molecule has 0 aromatic heterocycles. The lowest BCUT2D eigenvalue weighted by atomic mass is 10.1. The largest absolute Gasteiger partial charge is 0.389 e. The van der Waals surface area contributed by atoms with Crippen molar-refractivity contribution >= 4 is 34.5 Å². The van der Waals surface area contributed by atoms with Crippen molar-refractivity contribution in [2.45, 2.75) is 26.4 Å². The summed E-state index contributed by atoms with van der Waals surface area (Å²) < 4.78 is 0. The monoisotopic (exact) mass is 318 g/mol. The van der Waals surface area contributed by atoms with Crippen LogP contribution < -0.4 is 10.6 Å². The van der Waals surface area contributed by atoms with Crippen LogP contribution >= 0.6 is 23.8 Å². The third-order valence-electron chi connectivity index (χ3n) is 3.35. The molecule has 2 aromatic carbocycles. The van der Waals surface area contributed by atoms with Crippen LogP contribution in [0.5, 0.6) is 0 Å². The lowest BCUT2D eigenvalue weighted by Crippen LogP contribution is -2.32. The molecule has 0 saturated carbocycles. The molecule has 0 radical (unpaired) electrons. The molecule has 0 amide bonds. The Morgan fingerprint density at radius 3 is 2.43 bits per heavy atom. The van der Waals surface area contributed by atoms with Crippen molar-refractivity contribution in [3.63, 3.8) is 0 Å². The van der Waals surface area contributed by atoms with E-state index in [-0.39, 0.29) is 0 Å². The molecule has 0 bridgehead atoms. The molecule has 110 valence electrons. The van der Waals surface area contributed by atoms with E-state index in [1.54, 1.807) is 0 Å². The van der Waals surface area contributed by atoms with Gasteiger partial charge in [0.1, 0.15) is 4.99 Å². The third kappa shape index (κ3) is 3.96. The van der Waals surface area contributed by atoms with E-state index in [4.69, 9.17) is 29.6 Å². The zero-order valence-electron chi connectivity index (χ0n) is 12.2. The van der Waals surface area contributed by atoms with Crippen LogP contribution in [0.1, 0.15) is 25.0 Å². The van der Waals surface area contributed by atoms with Crippen molar-refractivity contribution in [1.29, 1.82) is 0 Å². The Bertz CT molecular complexity index is 626. The van der Waals surface area contributed by atoms with Crippen molar-refractivity contribution in [2.24, 2.45) is 5.73 Å². The maximum Gasteiger partial charge on any atom is 0.106 e. The fraction of sp³-hybridized carbons (Fsp3) is 0.235. The van der Waals surface area contributed by atoms with E-state index >= 15 is 0 Å². The summed E-state index contributed by atoms with van der Waals surface area (Å²) in [5.74, 6) is 0. The van der Waals surface area contributed by atoms with Gasteiger partial charge in [0.05, 0.1) is 0 Å². The molecule has 0 fully saturated rings. The number of thiocarbonyl (C=S) groups is 1. The van der Waals surface area contributed by atoms with Gasteiger partial charge in [-0.05, 0) is 37.6 Å². The van der Waals surface area contributed by atoms with Gasteiger partial charge in [-0.2, -0.15) is 0 Å². The Morgan fingerprint density at radius 2 is 1.86 bits per heavy atom. The van der Waals surface area contributed by atoms with Crippen LogP contribution in [0.3, 0.4) is 0 Å². The van der Waals surface area contributed by atoms with Crippen molar-refractivity contribution in [3.05, 3.63) is 64.7 Å². The normalized spacial score (nSPS) is 10.7. The van der Waals surface area contributed by atoms with E-state index in [0.717, 1.165) is 17.8 Å². The molecule has 0 atom stereocenters. The third-order valence-corrected chi connectivity index (χ3v) is 3.81. The van der Waals surface area contributed by atoms with Crippen molar-refractivity contribution in [2.75, 3.05) is 4.90 Å². The zero-order chi connectivity index (χ0) is 15.4. The lowest BCUT2D eigenvalue weighted by Gasteiger charge is -2.31. The first-order valence-electron chi connectivity index (χ1n) is 6.89. The SMILES string of the molecule is CC(C)N(Cc1ccccc1)c1ccc(Cl)cc1C(N)=S. The van der Waals surface area contributed by atoms with Crippen LogP contribution in [-0.4, -0.2) is 11.0 Å². The zero-order valence-corrected chi connectivity index (χ0v) is 13.8. The van der Waals surface area contributed by atoms with Crippen LogP contribution in [0.15, 0.2) is 48.5 Å². The van der Waals surface area contributed by atoms with Gasteiger partial charge in [0.25, 0.3) is 0 Å². The van der Waals surface area contributed by atoms with Crippen LogP contribution in [-0.2, 0) is 6.54 Å². The van der Waals surface area contributed by atoms with Crippen molar-refractivity contribution in [3.8, 4) is 0 Å². The quantitative estimate of drug-likeness (QED) is 0.829. The Morgan fingerprint density at radius 1 is 1.19 bits per heavy atom. The fourth-order valence-electron chi connectivity index (χ4n) is 2.28. The summed E-state index contributed by atoms with van der Waals surface area (Å²) in [7, 11) is 0. The number of benzene rings is 2. The highest BCUT2D eigenvalue weighted by Gasteiger charge is 2.16. The maximum absolute atomic E-state index is 6.07. The lowest BCUT2D eigenvalue weighted by molar-refractivity contribution is 0.682. The summed E-state index contributed by atoms with van der Waals surface area (Å²) in [6.07, 6.45) is 0. The highest BCUT2D eigenvalue weighted by molar-refractivity contribution is 7.80. The molecule has 0 aliphatic heterocycles. The predicted molar refractivity (Wildman–Crippen MR) is 95.1 cm³/mol. The Hall–Kier alpha value is -1.58. The maximum atomic E-state index is 6.07. The van der Waals surface area contributed by atoms with Crippen LogP contribution in [0, 0.1) is 0 Å². The van der Waals surface area contributed by atoms with Gasteiger partial charge in [-0.1, -0.05) is 54.2 Å². The van der Waals surface area contributed by atoms with Gasteiger partial charge in [0, 0.05) is 28.9 Å². The highest BCUT2D eigenvalue weighted by atomic mass is 35.5. The summed E-state index contributed by atoms with van der Waals surface area (Å²) in [6.45, 7) is 5.11.